The molecule has 0 unspecified atom stereocenters. The Balaban J connectivity index is 2.02. The molecule has 0 saturated heterocycles. The standard InChI is InChI=1S/C17H9ClN2O2/c18-17-13-6-15-14(21-8-22-15)5-12(13)11-2-1-9-7-19-4-3-10(9)16(11)20-17/h1-7H,8H2. The highest BCUT2D eigenvalue weighted by Gasteiger charge is 2.18. The Bertz CT molecular complexity index is 1080. The topological polar surface area (TPSA) is 44.2 Å². The number of rotatable bonds is 0. The van der Waals surface area contributed by atoms with Crippen LogP contribution in [0.1, 0.15) is 0 Å². The molecule has 0 aliphatic carbocycles. The van der Waals surface area contributed by atoms with Crippen molar-refractivity contribution in [3.8, 4) is 11.5 Å². The zero-order valence-electron chi connectivity index (χ0n) is 11.3. The van der Waals surface area contributed by atoms with Gasteiger partial charge in [0.05, 0.1) is 5.52 Å². The first-order valence-electron chi connectivity index (χ1n) is 6.86. The predicted molar refractivity (Wildman–Crippen MR) is 85.7 cm³/mol. The molecule has 0 saturated carbocycles. The molecular formula is C17H9ClN2O2. The van der Waals surface area contributed by atoms with Crippen LogP contribution >= 0.6 is 11.6 Å². The molecule has 5 rings (SSSR count). The fourth-order valence-corrected chi connectivity index (χ4v) is 3.22. The van der Waals surface area contributed by atoms with E-state index in [9.17, 15) is 0 Å². The summed E-state index contributed by atoms with van der Waals surface area (Å²) in [4.78, 5) is 8.75. The number of ether oxygens (including phenoxy) is 2. The molecule has 1 aliphatic rings. The van der Waals surface area contributed by atoms with Crippen LogP contribution in [0.2, 0.25) is 5.15 Å². The van der Waals surface area contributed by atoms with E-state index >= 15 is 0 Å². The largest absolute Gasteiger partial charge is 0.454 e. The predicted octanol–water partition coefficient (Wildman–Crippen LogP) is 4.32. The highest BCUT2D eigenvalue weighted by molar-refractivity contribution is 6.36. The van der Waals surface area contributed by atoms with Gasteiger partial charge in [-0.3, -0.25) is 4.98 Å². The third-order valence-corrected chi connectivity index (χ3v) is 4.31. The van der Waals surface area contributed by atoms with Gasteiger partial charge in [0.1, 0.15) is 5.15 Å². The molecule has 22 heavy (non-hydrogen) atoms. The number of benzene rings is 2. The molecule has 0 N–H and O–H groups in total. The Kier molecular flexibility index (Phi) is 2.30. The molecule has 4 nitrogen and oxygen atoms in total. The average Bonchev–Trinajstić information content (AvgIpc) is 3.01. The van der Waals surface area contributed by atoms with Crippen LogP contribution in [-0.4, -0.2) is 16.8 Å². The number of hydrogen-bond acceptors (Lipinski definition) is 4. The van der Waals surface area contributed by atoms with Crippen LogP contribution < -0.4 is 9.47 Å². The summed E-state index contributed by atoms with van der Waals surface area (Å²) in [6.45, 7) is 0.239. The van der Waals surface area contributed by atoms with Crippen molar-refractivity contribution >= 4 is 44.0 Å². The molecule has 1 aliphatic heterocycles. The first-order chi connectivity index (χ1) is 10.8. The summed E-state index contributed by atoms with van der Waals surface area (Å²) >= 11 is 6.41. The molecule has 0 fully saturated rings. The molecule has 3 heterocycles. The van der Waals surface area contributed by atoms with Gasteiger partial charge in [0.25, 0.3) is 0 Å². The molecule has 0 atom stereocenters. The Hall–Kier alpha value is -2.59. The highest BCUT2D eigenvalue weighted by atomic mass is 35.5. The summed E-state index contributed by atoms with van der Waals surface area (Å²) in [5.41, 5.74) is 0.872. The first kappa shape index (κ1) is 12.0. The van der Waals surface area contributed by atoms with Crippen LogP contribution in [0.4, 0.5) is 0 Å². The minimum atomic E-state index is 0.239. The normalized spacial score (nSPS) is 13.3. The molecule has 0 amide bonds. The van der Waals surface area contributed by atoms with Crippen LogP contribution in [0.5, 0.6) is 11.5 Å². The van der Waals surface area contributed by atoms with E-state index in [-0.39, 0.29) is 6.79 Å². The van der Waals surface area contributed by atoms with E-state index in [1.807, 2.05) is 36.5 Å². The van der Waals surface area contributed by atoms with Crippen molar-refractivity contribution in [3.63, 3.8) is 0 Å². The van der Waals surface area contributed by atoms with Gasteiger partial charge in [0.15, 0.2) is 11.5 Å². The summed E-state index contributed by atoms with van der Waals surface area (Å²) in [6, 6.07) is 9.92. The maximum atomic E-state index is 6.41. The number of nitrogens with zero attached hydrogens (tertiary/aromatic N) is 2. The van der Waals surface area contributed by atoms with Gasteiger partial charge in [-0.15, -0.1) is 0 Å². The lowest BCUT2D eigenvalue weighted by Gasteiger charge is -2.09. The monoisotopic (exact) mass is 308 g/mol. The van der Waals surface area contributed by atoms with Crippen LogP contribution in [0.15, 0.2) is 42.7 Å². The molecule has 2 aromatic carbocycles. The van der Waals surface area contributed by atoms with Crippen molar-refractivity contribution < 1.29 is 9.47 Å². The van der Waals surface area contributed by atoms with Crippen molar-refractivity contribution in [2.75, 3.05) is 6.79 Å². The van der Waals surface area contributed by atoms with Crippen molar-refractivity contribution in [1.82, 2.24) is 9.97 Å². The van der Waals surface area contributed by atoms with Crippen molar-refractivity contribution in [2.45, 2.75) is 0 Å². The molecule has 106 valence electrons. The van der Waals surface area contributed by atoms with Gasteiger partial charge in [0, 0.05) is 33.9 Å². The lowest BCUT2D eigenvalue weighted by Crippen LogP contribution is -1.92. The van der Waals surface area contributed by atoms with Gasteiger partial charge >= 0.3 is 0 Å². The van der Waals surface area contributed by atoms with E-state index in [0.29, 0.717) is 10.9 Å². The van der Waals surface area contributed by atoms with E-state index in [2.05, 4.69) is 9.97 Å². The Morgan fingerprint density at radius 1 is 0.909 bits per heavy atom. The number of halogens is 1. The molecular weight excluding hydrogens is 300 g/mol. The fourth-order valence-electron chi connectivity index (χ4n) is 2.98. The van der Waals surface area contributed by atoms with Crippen LogP contribution in [0.25, 0.3) is 32.4 Å². The smallest absolute Gasteiger partial charge is 0.231 e. The quantitative estimate of drug-likeness (QED) is 0.358. The Morgan fingerprint density at radius 3 is 2.59 bits per heavy atom. The van der Waals surface area contributed by atoms with E-state index in [0.717, 1.165) is 38.2 Å². The molecule has 0 spiro atoms. The summed E-state index contributed by atoms with van der Waals surface area (Å²) in [6.07, 6.45) is 3.59. The first-order valence-corrected chi connectivity index (χ1v) is 7.24. The molecule has 4 aromatic rings. The highest BCUT2D eigenvalue weighted by Crippen LogP contribution is 2.41. The zero-order chi connectivity index (χ0) is 14.7. The third kappa shape index (κ3) is 1.53. The number of pyridine rings is 2. The maximum Gasteiger partial charge on any atom is 0.231 e. The van der Waals surface area contributed by atoms with Gasteiger partial charge in [-0.2, -0.15) is 0 Å². The van der Waals surface area contributed by atoms with Gasteiger partial charge < -0.3 is 9.47 Å². The third-order valence-electron chi connectivity index (χ3n) is 4.03. The van der Waals surface area contributed by atoms with E-state index in [1.165, 1.54) is 0 Å². The lowest BCUT2D eigenvalue weighted by molar-refractivity contribution is 0.174. The summed E-state index contributed by atoms with van der Waals surface area (Å²) in [5, 5.41) is 5.46. The molecule has 0 bridgehead atoms. The second-order valence-corrected chi connectivity index (χ2v) is 5.57. The Labute approximate surface area is 130 Å². The molecule has 2 aromatic heterocycles. The number of aromatic nitrogens is 2. The zero-order valence-corrected chi connectivity index (χ0v) is 12.1. The molecule has 0 radical (unpaired) electrons. The summed E-state index contributed by atoms with van der Waals surface area (Å²) in [7, 11) is 0. The molecule has 5 heteroatoms. The van der Waals surface area contributed by atoms with Crippen molar-refractivity contribution in [1.29, 1.82) is 0 Å². The van der Waals surface area contributed by atoms with Gasteiger partial charge in [0.2, 0.25) is 6.79 Å². The van der Waals surface area contributed by atoms with Crippen LogP contribution in [-0.2, 0) is 0 Å². The van der Waals surface area contributed by atoms with E-state index in [4.69, 9.17) is 21.1 Å². The fraction of sp³-hybridized carbons (Fsp3) is 0.0588. The van der Waals surface area contributed by atoms with Gasteiger partial charge in [-0.1, -0.05) is 23.7 Å². The van der Waals surface area contributed by atoms with E-state index < -0.39 is 0 Å². The van der Waals surface area contributed by atoms with Crippen molar-refractivity contribution in [2.24, 2.45) is 0 Å². The Morgan fingerprint density at radius 2 is 1.73 bits per heavy atom. The van der Waals surface area contributed by atoms with E-state index in [1.54, 1.807) is 6.20 Å². The van der Waals surface area contributed by atoms with Crippen LogP contribution in [0, 0.1) is 0 Å². The second-order valence-electron chi connectivity index (χ2n) is 5.21. The SMILES string of the molecule is Clc1nc2c3ccncc3ccc2c2cc3c(cc12)OCO3. The van der Waals surface area contributed by atoms with Crippen molar-refractivity contribution in [3.05, 3.63) is 47.9 Å². The maximum absolute atomic E-state index is 6.41. The van der Waals surface area contributed by atoms with Gasteiger partial charge in [-0.05, 0) is 23.6 Å². The van der Waals surface area contributed by atoms with Crippen LogP contribution in [0.3, 0.4) is 0 Å². The lowest BCUT2D eigenvalue weighted by atomic mass is 10.0. The number of hydrogen-bond donors (Lipinski definition) is 0. The minimum Gasteiger partial charge on any atom is -0.454 e. The second kappa shape index (κ2) is 4.21. The summed E-state index contributed by atoms with van der Waals surface area (Å²) in [5.74, 6) is 1.45. The minimum absolute atomic E-state index is 0.239. The average molecular weight is 309 g/mol. The van der Waals surface area contributed by atoms with Gasteiger partial charge in [-0.25, -0.2) is 4.98 Å². The number of fused-ring (bicyclic) bond motifs is 6. The summed E-state index contributed by atoms with van der Waals surface area (Å²) < 4.78 is 10.9.